The molecule has 0 saturated heterocycles. The average molecular weight is 180 g/mol. The van der Waals surface area contributed by atoms with Crippen molar-refractivity contribution in [2.75, 3.05) is 0 Å². The summed E-state index contributed by atoms with van der Waals surface area (Å²) in [5.74, 6) is 4.43. The summed E-state index contributed by atoms with van der Waals surface area (Å²) in [7, 11) is 0. The third-order valence-electron chi connectivity index (χ3n) is 4.64. The normalized spacial score (nSPS) is 43.8. The molecule has 4 atom stereocenters. The molecular formula is C13H24. The van der Waals surface area contributed by atoms with Crippen molar-refractivity contribution >= 4 is 0 Å². The molecule has 0 spiro atoms. The lowest BCUT2D eigenvalue weighted by molar-refractivity contribution is 0.0754. The second kappa shape index (κ2) is 4.02. The monoisotopic (exact) mass is 180 g/mol. The van der Waals surface area contributed by atoms with E-state index in [0.29, 0.717) is 0 Å². The van der Waals surface area contributed by atoms with Gasteiger partial charge in [-0.2, -0.15) is 0 Å². The van der Waals surface area contributed by atoms with Crippen LogP contribution in [-0.4, -0.2) is 0 Å². The maximum Gasteiger partial charge on any atom is -0.0383 e. The molecule has 0 aliphatic heterocycles. The molecule has 2 saturated carbocycles. The van der Waals surface area contributed by atoms with Crippen molar-refractivity contribution in [1.82, 2.24) is 0 Å². The molecule has 0 N–H and O–H groups in total. The summed E-state index contributed by atoms with van der Waals surface area (Å²) in [6.45, 7) is 4.78. The van der Waals surface area contributed by atoms with Crippen molar-refractivity contribution in [3.05, 3.63) is 0 Å². The van der Waals surface area contributed by atoms with Crippen LogP contribution in [0.3, 0.4) is 0 Å². The molecule has 0 aromatic heterocycles. The molecule has 0 radical (unpaired) electrons. The highest BCUT2D eigenvalue weighted by Crippen LogP contribution is 2.47. The van der Waals surface area contributed by atoms with E-state index in [1.165, 1.54) is 25.7 Å². The predicted octanol–water partition coefficient (Wildman–Crippen LogP) is 4.25. The predicted molar refractivity (Wildman–Crippen MR) is 57.6 cm³/mol. The van der Waals surface area contributed by atoms with Crippen LogP contribution in [0.2, 0.25) is 0 Å². The van der Waals surface area contributed by atoms with Crippen LogP contribution in [-0.2, 0) is 0 Å². The number of hydrogen-bond acceptors (Lipinski definition) is 0. The van der Waals surface area contributed by atoms with Crippen LogP contribution in [0.15, 0.2) is 0 Å². The summed E-state index contributed by atoms with van der Waals surface area (Å²) in [4.78, 5) is 0. The summed E-state index contributed by atoms with van der Waals surface area (Å²) >= 11 is 0. The minimum Gasteiger partial charge on any atom is -0.0654 e. The fraction of sp³-hybridized carbons (Fsp3) is 1.00. The molecule has 13 heavy (non-hydrogen) atoms. The quantitative estimate of drug-likeness (QED) is 0.606. The average Bonchev–Trinajstić information content (AvgIpc) is 2.10. The Morgan fingerprint density at radius 3 is 2.00 bits per heavy atom. The summed E-state index contributed by atoms with van der Waals surface area (Å²) < 4.78 is 0. The van der Waals surface area contributed by atoms with Crippen molar-refractivity contribution in [2.24, 2.45) is 23.7 Å². The van der Waals surface area contributed by atoms with Gasteiger partial charge in [-0.05, 0) is 49.4 Å². The summed E-state index contributed by atoms with van der Waals surface area (Å²) in [5, 5.41) is 0. The van der Waals surface area contributed by atoms with E-state index in [-0.39, 0.29) is 0 Å². The second-order valence-corrected chi connectivity index (χ2v) is 5.44. The highest BCUT2D eigenvalue weighted by molar-refractivity contribution is 4.86. The van der Waals surface area contributed by atoms with E-state index in [1.54, 1.807) is 19.3 Å². The van der Waals surface area contributed by atoms with Gasteiger partial charge in [0.15, 0.2) is 0 Å². The van der Waals surface area contributed by atoms with Crippen molar-refractivity contribution in [2.45, 2.75) is 58.8 Å². The lowest BCUT2D eigenvalue weighted by Crippen LogP contribution is -2.33. The highest BCUT2D eigenvalue weighted by Gasteiger charge is 2.35. The zero-order valence-electron chi connectivity index (χ0n) is 9.26. The Balaban J connectivity index is 1.69. The highest BCUT2D eigenvalue weighted by atomic mass is 14.4. The zero-order valence-corrected chi connectivity index (χ0v) is 9.26. The van der Waals surface area contributed by atoms with Crippen LogP contribution in [0, 0.1) is 23.7 Å². The van der Waals surface area contributed by atoms with Crippen molar-refractivity contribution in [3.63, 3.8) is 0 Å². The SMILES string of the molecule is CCCC1CCC1CC1CCC1C. The zero-order chi connectivity index (χ0) is 9.26. The third-order valence-corrected chi connectivity index (χ3v) is 4.64. The topological polar surface area (TPSA) is 0 Å². The first-order valence-corrected chi connectivity index (χ1v) is 6.31. The van der Waals surface area contributed by atoms with E-state index in [9.17, 15) is 0 Å². The van der Waals surface area contributed by atoms with Gasteiger partial charge in [-0.1, -0.05) is 33.1 Å². The maximum atomic E-state index is 2.45. The molecule has 0 nitrogen and oxygen atoms in total. The molecule has 2 fully saturated rings. The molecule has 2 rings (SSSR count). The van der Waals surface area contributed by atoms with Gasteiger partial charge in [-0.3, -0.25) is 0 Å². The van der Waals surface area contributed by atoms with Crippen LogP contribution >= 0.6 is 0 Å². The molecule has 0 bridgehead atoms. The minimum absolute atomic E-state index is 1.06. The molecule has 0 heterocycles. The summed E-state index contributed by atoms with van der Waals surface area (Å²) in [6.07, 6.45) is 10.6. The van der Waals surface area contributed by atoms with Crippen molar-refractivity contribution < 1.29 is 0 Å². The van der Waals surface area contributed by atoms with E-state index >= 15 is 0 Å². The van der Waals surface area contributed by atoms with Gasteiger partial charge in [-0.25, -0.2) is 0 Å². The Bertz CT molecular complexity index is 161. The Labute approximate surface area is 83.1 Å². The van der Waals surface area contributed by atoms with Crippen LogP contribution in [0.4, 0.5) is 0 Å². The Hall–Kier alpha value is 0. The molecule has 0 heteroatoms. The fourth-order valence-electron chi connectivity index (χ4n) is 3.17. The van der Waals surface area contributed by atoms with E-state index in [2.05, 4.69) is 13.8 Å². The summed E-state index contributed by atoms with van der Waals surface area (Å²) in [6, 6.07) is 0. The Morgan fingerprint density at radius 2 is 1.62 bits per heavy atom. The molecule has 76 valence electrons. The van der Waals surface area contributed by atoms with E-state index in [1.807, 2.05) is 0 Å². The molecule has 0 aromatic rings. The maximum absolute atomic E-state index is 2.45. The van der Waals surface area contributed by atoms with Crippen LogP contribution < -0.4 is 0 Å². The minimum atomic E-state index is 1.06. The molecule has 0 aromatic carbocycles. The standard InChI is InChI=1S/C13H24/c1-3-4-11-7-8-13(11)9-12-6-5-10(12)2/h10-13H,3-9H2,1-2H3. The smallest absolute Gasteiger partial charge is 0.0383 e. The van der Waals surface area contributed by atoms with Gasteiger partial charge in [0, 0.05) is 0 Å². The first-order valence-electron chi connectivity index (χ1n) is 6.31. The van der Waals surface area contributed by atoms with Crippen LogP contribution in [0.25, 0.3) is 0 Å². The third kappa shape index (κ3) is 1.92. The van der Waals surface area contributed by atoms with Gasteiger partial charge in [0.2, 0.25) is 0 Å². The van der Waals surface area contributed by atoms with Gasteiger partial charge < -0.3 is 0 Å². The lowest BCUT2D eigenvalue weighted by atomic mass is 9.62. The number of rotatable bonds is 4. The van der Waals surface area contributed by atoms with Crippen LogP contribution in [0.1, 0.15) is 58.8 Å². The van der Waals surface area contributed by atoms with E-state index in [4.69, 9.17) is 0 Å². The van der Waals surface area contributed by atoms with E-state index in [0.717, 1.165) is 23.7 Å². The van der Waals surface area contributed by atoms with Crippen molar-refractivity contribution in [1.29, 1.82) is 0 Å². The van der Waals surface area contributed by atoms with Gasteiger partial charge in [0.1, 0.15) is 0 Å². The molecular weight excluding hydrogens is 156 g/mol. The molecule has 0 amide bonds. The molecule has 2 aliphatic rings. The Kier molecular flexibility index (Phi) is 2.96. The first-order chi connectivity index (χ1) is 6.31. The fourth-order valence-corrected chi connectivity index (χ4v) is 3.17. The lowest BCUT2D eigenvalue weighted by Gasteiger charge is -2.43. The second-order valence-electron chi connectivity index (χ2n) is 5.44. The molecule has 4 unspecified atom stereocenters. The van der Waals surface area contributed by atoms with Gasteiger partial charge >= 0.3 is 0 Å². The van der Waals surface area contributed by atoms with Gasteiger partial charge in [0.25, 0.3) is 0 Å². The van der Waals surface area contributed by atoms with Gasteiger partial charge in [-0.15, -0.1) is 0 Å². The first kappa shape index (κ1) is 9.55. The van der Waals surface area contributed by atoms with Crippen molar-refractivity contribution in [3.8, 4) is 0 Å². The van der Waals surface area contributed by atoms with E-state index < -0.39 is 0 Å². The largest absolute Gasteiger partial charge is 0.0654 e. The summed E-state index contributed by atoms with van der Waals surface area (Å²) in [5.41, 5.74) is 0. The molecule has 2 aliphatic carbocycles. The number of hydrogen-bond donors (Lipinski definition) is 0. The Morgan fingerprint density at radius 1 is 0.923 bits per heavy atom. The van der Waals surface area contributed by atoms with Crippen LogP contribution in [0.5, 0.6) is 0 Å². The van der Waals surface area contributed by atoms with Gasteiger partial charge in [0.05, 0.1) is 0 Å².